The Kier molecular flexibility index (Phi) is 3.76. The first-order valence-electron chi connectivity index (χ1n) is 9.87. The first-order valence-corrected chi connectivity index (χ1v) is 9.87. The van der Waals surface area contributed by atoms with Gasteiger partial charge in [-0.15, -0.1) is 0 Å². The summed E-state index contributed by atoms with van der Waals surface area (Å²) in [6, 6.07) is 10.4. The van der Waals surface area contributed by atoms with Crippen molar-refractivity contribution in [2.75, 3.05) is 19.6 Å². The van der Waals surface area contributed by atoms with Crippen LogP contribution in [0.5, 0.6) is 0 Å². The SMILES string of the molecule is Cc1ccc(C(=O)N2CC3C(C2)C3NCC(=O)N2[C@H](C#N)C[C@@H]3C[C@@H]32)cc1. The van der Waals surface area contributed by atoms with Crippen molar-refractivity contribution in [2.24, 2.45) is 17.8 Å². The van der Waals surface area contributed by atoms with Crippen LogP contribution in [0.2, 0.25) is 0 Å². The Balaban J connectivity index is 1.11. The predicted molar refractivity (Wildman–Crippen MR) is 98.6 cm³/mol. The van der Waals surface area contributed by atoms with E-state index in [0.29, 0.717) is 36.4 Å². The van der Waals surface area contributed by atoms with Crippen molar-refractivity contribution in [3.63, 3.8) is 0 Å². The lowest BCUT2D eigenvalue weighted by atomic mass is 10.1. The molecule has 27 heavy (non-hydrogen) atoms. The number of hydrogen-bond donors (Lipinski definition) is 1. The zero-order chi connectivity index (χ0) is 18.7. The van der Waals surface area contributed by atoms with Gasteiger partial charge in [-0.25, -0.2) is 0 Å². The Morgan fingerprint density at radius 1 is 1.19 bits per heavy atom. The highest BCUT2D eigenvalue weighted by atomic mass is 16.2. The molecule has 2 heterocycles. The van der Waals surface area contributed by atoms with E-state index in [2.05, 4.69) is 11.4 Å². The van der Waals surface area contributed by atoms with Gasteiger partial charge in [0.2, 0.25) is 5.91 Å². The summed E-state index contributed by atoms with van der Waals surface area (Å²) in [4.78, 5) is 28.9. The molecular formula is C21H24N4O2. The standard InChI is InChI=1S/C21H24N4O2/c1-12-2-4-13(5-3-12)21(27)24-10-16-17(11-24)20(16)23-9-19(26)25-15(8-22)6-14-7-18(14)25/h2-5,14-18,20,23H,6-7,9-11H2,1H3/t14-,15+,16?,17?,18+,20?/m1/s1. The molecule has 6 heteroatoms. The fraction of sp³-hybridized carbons (Fsp3) is 0.571. The first kappa shape index (κ1) is 16.8. The smallest absolute Gasteiger partial charge is 0.253 e. The summed E-state index contributed by atoms with van der Waals surface area (Å²) >= 11 is 0. The van der Waals surface area contributed by atoms with Crippen LogP contribution in [0.4, 0.5) is 0 Å². The molecule has 2 unspecified atom stereocenters. The number of likely N-dealkylation sites (tertiary alicyclic amines) is 2. The van der Waals surface area contributed by atoms with Gasteiger partial charge < -0.3 is 15.1 Å². The van der Waals surface area contributed by atoms with Crippen molar-refractivity contribution in [1.29, 1.82) is 5.26 Å². The molecule has 140 valence electrons. The zero-order valence-corrected chi connectivity index (χ0v) is 15.5. The fourth-order valence-corrected chi connectivity index (χ4v) is 5.10. The maximum Gasteiger partial charge on any atom is 0.253 e. The molecule has 2 saturated heterocycles. The van der Waals surface area contributed by atoms with Gasteiger partial charge >= 0.3 is 0 Å². The molecule has 2 saturated carbocycles. The van der Waals surface area contributed by atoms with E-state index in [0.717, 1.165) is 37.1 Å². The molecule has 0 bridgehead atoms. The number of nitrogens with one attached hydrogen (secondary N) is 1. The molecule has 1 N–H and O–H groups in total. The molecule has 0 spiro atoms. The van der Waals surface area contributed by atoms with E-state index in [4.69, 9.17) is 0 Å². The van der Waals surface area contributed by atoms with Crippen LogP contribution >= 0.6 is 0 Å². The molecule has 0 radical (unpaired) electrons. The number of carbonyl (C=O) groups is 2. The van der Waals surface area contributed by atoms with Gasteiger partial charge in [-0.1, -0.05) is 17.7 Å². The minimum absolute atomic E-state index is 0.0594. The number of fused-ring (bicyclic) bond motifs is 2. The third kappa shape index (κ3) is 2.81. The summed E-state index contributed by atoms with van der Waals surface area (Å²) in [6.07, 6.45) is 1.91. The van der Waals surface area contributed by atoms with Crippen LogP contribution in [-0.2, 0) is 4.79 Å². The van der Waals surface area contributed by atoms with Crippen LogP contribution in [0, 0.1) is 36.0 Å². The monoisotopic (exact) mass is 364 g/mol. The second kappa shape index (κ2) is 6.07. The largest absolute Gasteiger partial charge is 0.338 e. The summed E-state index contributed by atoms with van der Waals surface area (Å²) in [7, 11) is 0. The van der Waals surface area contributed by atoms with Gasteiger partial charge in [-0.3, -0.25) is 9.59 Å². The number of nitriles is 1. The van der Waals surface area contributed by atoms with Gasteiger partial charge in [0.05, 0.1) is 12.6 Å². The van der Waals surface area contributed by atoms with E-state index in [1.54, 1.807) is 0 Å². The van der Waals surface area contributed by atoms with Crippen LogP contribution in [0.15, 0.2) is 24.3 Å². The summed E-state index contributed by atoms with van der Waals surface area (Å²) in [5.41, 5.74) is 1.90. The molecule has 5 rings (SSSR count). The van der Waals surface area contributed by atoms with Crippen molar-refractivity contribution >= 4 is 11.8 Å². The fourth-order valence-electron chi connectivity index (χ4n) is 5.10. The third-order valence-electron chi connectivity index (χ3n) is 6.81. The van der Waals surface area contributed by atoms with Gasteiger partial charge in [0.15, 0.2) is 0 Å². The number of hydrogen-bond acceptors (Lipinski definition) is 4. The second-order valence-electron chi connectivity index (χ2n) is 8.56. The Bertz CT molecular complexity index is 818. The normalized spacial score (nSPS) is 35.4. The lowest BCUT2D eigenvalue weighted by molar-refractivity contribution is -0.131. The van der Waals surface area contributed by atoms with Crippen molar-refractivity contribution in [2.45, 2.75) is 37.9 Å². The zero-order valence-electron chi connectivity index (χ0n) is 15.5. The van der Waals surface area contributed by atoms with Gasteiger partial charge in [-0.05, 0) is 49.7 Å². The molecule has 2 amide bonds. The number of amides is 2. The summed E-state index contributed by atoms with van der Waals surface area (Å²) < 4.78 is 0. The van der Waals surface area contributed by atoms with Crippen LogP contribution in [0.3, 0.4) is 0 Å². The van der Waals surface area contributed by atoms with Gasteiger partial charge in [0, 0.05) is 30.7 Å². The molecule has 6 nitrogen and oxygen atoms in total. The molecule has 4 fully saturated rings. The average molecular weight is 364 g/mol. The van der Waals surface area contributed by atoms with Gasteiger partial charge in [0.1, 0.15) is 6.04 Å². The minimum Gasteiger partial charge on any atom is -0.338 e. The number of benzene rings is 1. The van der Waals surface area contributed by atoms with Crippen molar-refractivity contribution < 1.29 is 9.59 Å². The lowest BCUT2D eigenvalue weighted by Crippen LogP contribution is -2.44. The van der Waals surface area contributed by atoms with Crippen LogP contribution in [-0.4, -0.2) is 59.4 Å². The molecule has 2 aliphatic heterocycles. The molecule has 1 aromatic carbocycles. The molecule has 0 aromatic heterocycles. The Hall–Kier alpha value is -2.39. The van der Waals surface area contributed by atoms with Gasteiger partial charge in [-0.2, -0.15) is 5.26 Å². The number of carbonyl (C=O) groups excluding carboxylic acids is 2. The highest BCUT2D eigenvalue weighted by molar-refractivity contribution is 5.94. The number of rotatable bonds is 4. The van der Waals surface area contributed by atoms with Crippen molar-refractivity contribution in [3.05, 3.63) is 35.4 Å². The van der Waals surface area contributed by atoms with E-state index in [-0.39, 0.29) is 17.9 Å². The maximum absolute atomic E-state index is 12.6. The van der Waals surface area contributed by atoms with E-state index >= 15 is 0 Å². The highest BCUT2D eigenvalue weighted by Gasteiger charge is 2.57. The van der Waals surface area contributed by atoms with E-state index in [9.17, 15) is 14.9 Å². The van der Waals surface area contributed by atoms with E-state index < -0.39 is 0 Å². The summed E-state index contributed by atoms with van der Waals surface area (Å²) in [5.74, 6) is 1.62. The lowest BCUT2D eigenvalue weighted by Gasteiger charge is -2.24. The van der Waals surface area contributed by atoms with Crippen molar-refractivity contribution in [1.82, 2.24) is 15.1 Å². The van der Waals surface area contributed by atoms with Crippen LogP contribution in [0.25, 0.3) is 0 Å². The molecule has 5 atom stereocenters. The summed E-state index contributed by atoms with van der Waals surface area (Å²) in [6.45, 7) is 3.85. The molecular weight excluding hydrogens is 340 g/mol. The van der Waals surface area contributed by atoms with Crippen molar-refractivity contribution in [3.8, 4) is 6.07 Å². The number of aryl methyl sites for hydroxylation is 1. The number of nitrogens with zero attached hydrogens (tertiary/aromatic N) is 3. The average Bonchev–Trinajstić information content (AvgIpc) is 3.47. The molecule has 4 aliphatic rings. The maximum atomic E-state index is 12.6. The highest BCUT2D eigenvalue weighted by Crippen LogP contribution is 2.48. The molecule has 2 aliphatic carbocycles. The van der Waals surface area contributed by atoms with Crippen LogP contribution in [0.1, 0.15) is 28.8 Å². The second-order valence-corrected chi connectivity index (χ2v) is 8.56. The Morgan fingerprint density at radius 2 is 1.89 bits per heavy atom. The Labute approximate surface area is 159 Å². The van der Waals surface area contributed by atoms with Gasteiger partial charge in [0.25, 0.3) is 5.91 Å². The predicted octanol–water partition coefficient (Wildman–Crippen LogP) is 1.17. The summed E-state index contributed by atoms with van der Waals surface area (Å²) in [5, 5.41) is 12.6. The Morgan fingerprint density at radius 3 is 2.56 bits per heavy atom. The number of piperidine rings is 2. The molecule has 1 aromatic rings. The van der Waals surface area contributed by atoms with Crippen LogP contribution < -0.4 is 5.32 Å². The topological polar surface area (TPSA) is 76.4 Å². The minimum atomic E-state index is -0.232. The van der Waals surface area contributed by atoms with E-state index in [1.807, 2.05) is 41.0 Å². The van der Waals surface area contributed by atoms with E-state index in [1.165, 1.54) is 0 Å². The quantitative estimate of drug-likeness (QED) is 0.870. The first-order chi connectivity index (χ1) is 13.1. The third-order valence-corrected chi connectivity index (χ3v) is 6.81.